The molecule has 17 heavy (non-hydrogen) atoms. The molecule has 0 fully saturated rings. The quantitative estimate of drug-likeness (QED) is 0.831. The van der Waals surface area contributed by atoms with E-state index in [4.69, 9.17) is 0 Å². The van der Waals surface area contributed by atoms with Crippen LogP contribution in [0.25, 0.3) is 0 Å². The van der Waals surface area contributed by atoms with E-state index < -0.39 is 0 Å². The maximum atomic E-state index is 12.2. The fraction of sp³-hybridized carbons (Fsp3) is 0.636. The first-order valence-corrected chi connectivity index (χ1v) is 7.53. The average Bonchev–Trinajstić information content (AvgIpc) is 2.53. The summed E-state index contributed by atoms with van der Waals surface area (Å²) in [6, 6.07) is 0. The van der Waals surface area contributed by atoms with E-state index >= 15 is 0 Å². The molecule has 1 aromatic heterocycles. The van der Waals surface area contributed by atoms with E-state index in [2.05, 4.69) is 42.3 Å². The number of nitrogens with one attached hydrogen (secondary N) is 1. The number of carbonyl (C=O) groups excluding carboxylic acids is 1. The Morgan fingerprint density at radius 1 is 1.41 bits per heavy atom. The molecule has 0 unspecified atom stereocenters. The summed E-state index contributed by atoms with van der Waals surface area (Å²) in [5.74, 6) is -0.0745. The lowest BCUT2D eigenvalue weighted by Crippen LogP contribution is -2.49. The van der Waals surface area contributed by atoms with Crippen molar-refractivity contribution in [1.29, 1.82) is 0 Å². The lowest BCUT2D eigenvalue weighted by atomic mass is 10.1. The van der Waals surface area contributed by atoms with E-state index in [9.17, 15) is 4.79 Å². The Balaban J connectivity index is 2.98. The van der Waals surface area contributed by atoms with Gasteiger partial charge in [0.15, 0.2) is 0 Å². The molecule has 0 aliphatic carbocycles. The second-order valence-electron chi connectivity index (χ2n) is 4.45. The smallest absolute Gasteiger partial charge is 0.255 e. The first-order chi connectivity index (χ1) is 7.84. The molecule has 96 valence electrons. The van der Waals surface area contributed by atoms with E-state index in [1.807, 2.05) is 27.8 Å². The molecule has 1 N–H and O–H groups in total. The van der Waals surface area contributed by atoms with Crippen molar-refractivity contribution in [1.82, 2.24) is 15.1 Å². The standard InChI is InChI=1S/C11H17Br2N3O/c1-7-9(8(2)16(4)15-7)10(17)14-11(3,5-12)6-13/h5-6H2,1-4H3,(H,14,17). The van der Waals surface area contributed by atoms with E-state index in [1.54, 1.807) is 4.68 Å². The van der Waals surface area contributed by atoms with Gasteiger partial charge < -0.3 is 5.32 Å². The largest absolute Gasteiger partial charge is 0.345 e. The lowest BCUT2D eigenvalue weighted by Gasteiger charge is -2.26. The minimum absolute atomic E-state index is 0.0745. The Kier molecular flexibility index (Phi) is 4.77. The van der Waals surface area contributed by atoms with Crippen LogP contribution < -0.4 is 5.32 Å². The van der Waals surface area contributed by atoms with Gasteiger partial charge in [-0.1, -0.05) is 31.9 Å². The molecule has 0 spiro atoms. The van der Waals surface area contributed by atoms with Crippen LogP contribution >= 0.6 is 31.9 Å². The van der Waals surface area contributed by atoms with Crippen LogP contribution in [0, 0.1) is 13.8 Å². The summed E-state index contributed by atoms with van der Waals surface area (Å²) in [6.45, 7) is 5.73. The predicted molar refractivity (Wildman–Crippen MR) is 76.1 cm³/mol. The van der Waals surface area contributed by atoms with E-state index in [0.717, 1.165) is 11.4 Å². The highest BCUT2D eigenvalue weighted by Gasteiger charge is 2.27. The summed E-state index contributed by atoms with van der Waals surface area (Å²) in [5.41, 5.74) is 2.01. The molecule has 1 heterocycles. The first-order valence-electron chi connectivity index (χ1n) is 5.29. The van der Waals surface area contributed by atoms with Gasteiger partial charge >= 0.3 is 0 Å². The number of halogens is 2. The zero-order chi connectivity index (χ0) is 13.2. The van der Waals surface area contributed by atoms with Gasteiger partial charge in [0.2, 0.25) is 0 Å². The third kappa shape index (κ3) is 3.10. The van der Waals surface area contributed by atoms with Crippen molar-refractivity contribution < 1.29 is 4.79 Å². The summed E-state index contributed by atoms with van der Waals surface area (Å²) < 4.78 is 1.73. The number of alkyl halides is 2. The molecule has 0 saturated heterocycles. The average molecular weight is 367 g/mol. The minimum atomic E-state index is -0.300. The molecule has 0 aliphatic rings. The molecule has 1 aromatic rings. The van der Waals surface area contributed by atoms with E-state index in [-0.39, 0.29) is 11.4 Å². The molecule has 1 amide bonds. The van der Waals surface area contributed by atoms with E-state index in [0.29, 0.717) is 16.2 Å². The maximum Gasteiger partial charge on any atom is 0.255 e. The van der Waals surface area contributed by atoms with E-state index in [1.165, 1.54) is 0 Å². The van der Waals surface area contributed by atoms with Gasteiger partial charge in [-0.05, 0) is 20.8 Å². The maximum absolute atomic E-state index is 12.2. The van der Waals surface area contributed by atoms with Crippen LogP contribution in [0.4, 0.5) is 0 Å². The van der Waals surface area contributed by atoms with Gasteiger partial charge in [0.05, 0.1) is 16.8 Å². The van der Waals surface area contributed by atoms with Crippen molar-refractivity contribution in [2.24, 2.45) is 7.05 Å². The van der Waals surface area contributed by atoms with Gasteiger partial charge in [-0.3, -0.25) is 9.48 Å². The van der Waals surface area contributed by atoms with Crippen LogP contribution in [0.15, 0.2) is 0 Å². The van der Waals surface area contributed by atoms with Crippen molar-refractivity contribution in [2.75, 3.05) is 10.7 Å². The third-order valence-corrected chi connectivity index (χ3v) is 5.22. The number of amides is 1. The zero-order valence-corrected chi connectivity index (χ0v) is 13.6. The van der Waals surface area contributed by atoms with Crippen molar-refractivity contribution in [2.45, 2.75) is 26.3 Å². The van der Waals surface area contributed by atoms with Gasteiger partial charge in [-0.25, -0.2) is 0 Å². The number of aryl methyl sites for hydroxylation is 2. The highest BCUT2D eigenvalue weighted by molar-refractivity contribution is 9.09. The second kappa shape index (κ2) is 5.52. The summed E-state index contributed by atoms with van der Waals surface area (Å²) >= 11 is 6.82. The molecule has 0 atom stereocenters. The topological polar surface area (TPSA) is 46.9 Å². The molecule has 0 saturated carbocycles. The Morgan fingerprint density at radius 2 is 1.94 bits per heavy atom. The van der Waals surface area contributed by atoms with Crippen LogP contribution in [0.3, 0.4) is 0 Å². The van der Waals surface area contributed by atoms with Crippen LogP contribution in [0.5, 0.6) is 0 Å². The highest BCUT2D eigenvalue weighted by Crippen LogP contribution is 2.16. The Hall–Kier alpha value is -0.360. The Labute approximate surface area is 118 Å². The molecule has 0 radical (unpaired) electrons. The van der Waals surface area contributed by atoms with Crippen molar-refractivity contribution in [3.8, 4) is 0 Å². The Morgan fingerprint density at radius 3 is 2.29 bits per heavy atom. The number of hydrogen-bond acceptors (Lipinski definition) is 2. The van der Waals surface area contributed by atoms with Gasteiger partial charge in [-0.2, -0.15) is 5.10 Å². The molecule has 6 heteroatoms. The van der Waals surface area contributed by atoms with Gasteiger partial charge in [0.1, 0.15) is 0 Å². The molecule has 1 rings (SSSR count). The molecule has 0 aliphatic heterocycles. The summed E-state index contributed by atoms with van der Waals surface area (Å²) in [5, 5.41) is 8.64. The Bertz CT molecular complexity index is 425. The van der Waals surface area contributed by atoms with Crippen LogP contribution in [0.1, 0.15) is 28.7 Å². The number of rotatable bonds is 4. The number of aromatic nitrogens is 2. The van der Waals surface area contributed by atoms with Gasteiger partial charge in [0.25, 0.3) is 5.91 Å². The molecule has 0 bridgehead atoms. The molecule has 4 nitrogen and oxygen atoms in total. The summed E-state index contributed by atoms with van der Waals surface area (Å²) in [6.07, 6.45) is 0. The lowest BCUT2D eigenvalue weighted by molar-refractivity contribution is 0.0921. The fourth-order valence-electron chi connectivity index (χ4n) is 1.54. The molecule has 0 aromatic carbocycles. The monoisotopic (exact) mass is 365 g/mol. The minimum Gasteiger partial charge on any atom is -0.345 e. The number of nitrogens with zero attached hydrogens (tertiary/aromatic N) is 2. The van der Waals surface area contributed by atoms with Crippen LogP contribution in [-0.2, 0) is 7.05 Å². The van der Waals surface area contributed by atoms with Crippen molar-refractivity contribution in [3.05, 3.63) is 17.0 Å². The zero-order valence-electron chi connectivity index (χ0n) is 10.5. The molecular weight excluding hydrogens is 350 g/mol. The van der Waals surface area contributed by atoms with Gasteiger partial charge in [0, 0.05) is 23.4 Å². The second-order valence-corrected chi connectivity index (χ2v) is 5.57. The van der Waals surface area contributed by atoms with Crippen LogP contribution in [0.2, 0.25) is 0 Å². The third-order valence-electron chi connectivity index (χ3n) is 2.74. The van der Waals surface area contributed by atoms with Crippen molar-refractivity contribution >= 4 is 37.8 Å². The molecular formula is C11H17Br2N3O. The SMILES string of the molecule is Cc1nn(C)c(C)c1C(=O)NC(C)(CBr)CBr. The fourth-order valence-corrected chi connectivity index (χ4v) is 2.75. The summed E-state index contributed by atoms with van der Waals surface area (Å²) in [7, 11) is 1.84. The summed E-state index contributed by atoms with van der Waals surface area (Å²) in [4.78, 5) is 12.2. The predicted octanol–water partition coefficient (Wildman–Crippen LogP) is 2.32. The number of carbonyl (C=O) groups is 1. The normalized spacial score (nSPS) is 11.6. The van der Waals surface area contributed by atoms with Gasteiger partial charge in [-0.15, -0.1) is 0 Å². The van der Waals surface area contributed by atoms with Crippen LogP contribution in [-0.4, -0.2) is 31.9 Å². The highest BCUT2D eigenvalue weighted by atomic mass is 79.9. The first kappa shape index (κ1) is 14.7. The number of hydrogen-bond donors (Lipinski definition) is 1. The van der Waals surface area contributed by atoms with Crippen molar-refractivity contribution in [3.63, 3.8) is 0 Å².